The fraction of sp³-hybridized carbons (Fsp3) is 0.250. The molecular weight excluding hydrogens is 376 g/mol. The zero-order chi connectivity index (χ0) is 18.8. The van der Waals surface area contributed by atoms with Gasteiger partial charge in [0.05, 0.1) is 22.3 Å². The number of nitrogens with zero attached hydrogens (tertiary/aromatic N) is 3. The van der Waals surface area contributed by atoms with Crippen LogP contribution in [-0.4, -0.2) is 20.5 Å². The molecule has 0 bridgehead atoms. The maximum Gasteiger partial charge on any atom is 0.282 e. The van der Waals surface area contributed by atoms with Gasteiger partial charge in [-0.3, -0.25) is 14.9 Å². The smallest absolute Gasteiger partial charge is 0.282 e. The highest BCUT2D eigenvalue weighted by atomic mass is 32.1. The molecule has 138 valence electrons. The number of benzene rings is 1. The van der Waals surface area contributed by atoms with E-state index >= 15 is 0 Å². The summed E-state index contributed by atoms with van der Waals surface area (Å²) in [5, 5.41) is 5.98. The molecule has 0 saturated heterocycles. The minimum absolute atomic E-state index is 0.0788. The van der Waals surface area contributed by atoms with Gasteiger partial charge in [-0.2, -0.15) is 4.68 Å². The van der Waals surface area contributed by atoms with Crippen molar-refractivity contribution in [1.82, 2.24) is 14.8 Å². The van der Waals surface area contributed by atoms with Gasteiger partial charge in [0.25, 0.3) is 5.56 Å². The maximum absolute atomic E-state index is 13.2. The van der Waals surface area contributed by atoms with Gasteiger partial charge in [-0.25, -0.2) is 4.98 Å². The van der Waals surface area contributed by atoms with Crippen molar-refractivity contribution >= 4 is 38.6 Å². The molecule has 7 heteroatoms. The van der Waals surface area contributed by atoms with Gasteiger partial charge >= 0.3 is 0 Å². The molecular formula is C20H20N4OS2. The van der Waals surface area contributed by atoms with Crippen molar-refractivity contribution in [1.29, 1.82) is 0 Å². The number of aromatic nitrogens is 3. The van der Waals surface area contributed by atoms with E-state index in [0.29, 0.717) is 17.2 Å². The van der Waals surface area contributed by atoms with Gasteiger partial charge in [-0.1, -0.05) is 42.9 Å². The van der Waals surface area contributed by atoms with E-state index in [1.807, 2.05) is 42.6 Å². The summed E-state index contributed by atoms with van der Waals surface area (Å²) in [5.41, 5.74) is 3.19. The van der Waals surface area contributed by atoms with Crippen LogP contribution in [0.1, 0.15) is 36.4 Å². The van der Waals surface area contributed by atoms with Crippen LogP contribution < -0.4 is 5.56 Å². The first-order valence-electron chi connectivity index (χ1n) is 8.91. The number of nitrogens with one attached hydrogen (secondary N) is 1. The van der Waals surface area contributed by atoms with Crippen LogP contribution in [0, 0.1) is 0 Å². The second-order valence-corrected chi connectivity index (χ2v) is 8.34. The normalized spacial score (nSPS) is 12.1. The Labute approximate surface area is 165 Å². The highest BCUT2D eigenvalue weighted by Crippen LogP contribution is 2.24. The molecule has 0 fully saturated rings. The van der Waals surface area contributed by atoms with Crippen LogP contribution in [-0.2, 0) is 13.0 Å². The lowest BCUT2D eigenvalue weighted by atomic mass is 10.1. The van der Waals surface area contributed by atoms with Crippen LogP contribution >= 0.6 is 22.7 Å². The summed E-state index contributed by atoms with van der Waals surface area (Å²) in [4.78, 5) is 23.6. The third kappa shape index (κ3) is 3.52. The lowest BCUT2D eigenvalue weighted by Crippen LogP contribution is -2.19. The Balaban J connectivity index is 1.77. The topological polar surface area (TPSA) is 63.0 Å². The van der Waals surface area contributed by atoms with Crippen molar-refractivity contribution in [3.8, 4) is 5.13 Å². The van der Waals surface area contributed by atoms with Crippen LogP contribution in [0.25, 0.3) is 15.3 Å². The third-order valence-corrected chi connectivity index (χ3v) is 6.24. The molecule has 3 aromatic heterocycles. The zero-order valence-electron chi connectivity index (χ0n) is 15.2. The molecule has 0 spiro atoms. The number of thiophene rings is 1. The number of aryl methyl sites for hydroxylation is 1. The molecule has 4 aromatic rings. The summed E-state index contributed by atoms with van der Waals surface area (Å²) >= 11 is 3.19. The Bertz CT molecular complexity index is 1120. The third-order valence-electron chi connectivity index (χ3n) is 4.35. The van der Waals surface area contributed by atoms with Crippen molar-refractivity contribution < 1.29 is 0 Å². The Morgan fingerprint density at radius 2 is 2.11 bits per heavy atom. The van der Waals surface area contributed by atoms with Gasteiger partial charge in [0.2, 0.25) is 5.13 Å². The van der Waals surface area contributed by atoms with E-state index in [0.717, 1.165) is 34.5 Å². The molecule has 0 saturated carbocycles. The lowest BCUT2D eigenvalue weighted by molar-refractivity contribution is 0.790. The van der Waals surface area contributed by atoms with E-state index in [9.17, 15) is 4.79 Å². The van der Waals surface area contributed by atoms with Crippen LogP contribution in [0.2, 0.25) is 0 Å². The Morgan fingerprint density at radius 1 is 1.26 bits per heavy atom. The zero-order valence-corrected chi connectivity index (χ0v) is 16.9. The van der Waals surface area contributed by atoms with E-state index < -0.39 is 0 Å². The first kappa shape index (κ1) is 17.9. The average Bonchev–Trinajstić information content (AvgIpc) is 3.38. The highest BCUT2D eigenvalue weighted by molar-refractivity contribution is 7.20. The second kappa shape index (κ2) is 7.62. The summed E-state index contributed by atoms with van der Waals surface area (Å²) in [6, 6.07) is 12.0. The van der Waals surface area contributed by atoms with Crippen LogP contribution in [0.3, 0.4) is 0 Å². The monoisotopic (exact) mass is 396 g/mol. The molecule has 27 heavy (non-hydrogen) atoms. The number of thiazole rings is 1. The summed E-state index contributed by atoms with van der Waals surface area (Å²) in [6.07, 6.45) is 1.75. The van der Waals surface area contributed by atoms with Gasteiger partial charge in [-0.15, -0.1) is 11.3 Å². The summed E-state index contributed by atoms with van der Waals surface area (Å²) < 4.78 is 2.63. The van der Waals surface area contributed by atoms with E-state index in [1.165, 1.54) is 16.2 Å². The number of aromatic amines is 1. The van der Waals surface area contributed by atoms with E-state index in [-0.39, 0.29) is 5.56 Å². The maximum atomic E-state index is 13.2. The second-order valence-electron chi connectivity index (χ2n) is 6.30. The average molecular weight is 397 g/mol. The van der Waals surface area contributed by atoms with Gasteiger partial charge in [-0.05, 0) is 36.9 Å². The standard InChI is InChI=1S/C20H20N4OS2/c1-3-7-16-18(13(2)21-12-14-8-6-11-26-14)19(25)24(23-16)20-22-15-9-4-5-10-17(15)27-20/h4-6,8-11,23H,3,7,12H2,1-2H3. The molecule has 0 aliphatic rings. The first-order valence-corrected chi connectivity index (χ1v) is 10.6. The number of rotatable bonds is 6. The van der Waals surface area contributed by atoms with Crippen molar-refractivity contribution in [3.63, 3.8) is 0 Å². The van der Waals surface area contributed by atoms with Crippen LogP contribution in [0.15, 0.2) is 51.6 Å². The molecule has 0 radical (unpaired) electrons. The quantitative estimate of drug-likeness (QED) is 0.476. The number of hydrogen-bond acceptors (Lipinski definition) is 5. The SMILES string of the molecule is CCCc1[nH]n(-c2nc3ccccc3s2)c(=O)c1C(C)=NCc1cccs1. The van der Waals surface area contributed by atoms with Gasteiger partial charge < -0.3 is 0 Å². The number of para-hydroxylation sites is 1. The fourth-order valence-corrected chi connectivity index (χ4v) is 4.61. The molecule has 0 aliphatic carbocycles. The van der Waals surface area contributed by atoms with E-state index in [2.05, 4.69) is 28.1 Å². The van der Waals surface area contributed by atoms with Crippen molar-refractivity contribution in [2.45, 2.75) is 33.2 Å². The number of fused-ring (bicyclic) bond motifs is 1. The van der Waals surface area contributed by atoms with Crippen molar-refractivity contribution in [3.05, 3.63) is 68.3 Å². The predicted octanol–water partition coefficient (Wildman–Crippen LogP) is 4.80. The Kier molecular flexibility index (Phi) is 5.05. The number of H-pyrrole nitrogens is 1. The van der Waals surface area contributed by atoms with Gasteiger partial charge in [0, 0.05) is 16.3 Å². The Hall–Kier alpha value is -2.51. The minimum atomic E-state index is -0.0788. The lowest BCUT2D eigenvalue weighted by Gasteiger charge is -2.00. The molecule has 0 atom stereocenters. The molecule has 0 amide bonds. The first-order chi connectivity index (χ1) is 13.2. The van der Waals surface area contributed by atoms with Gasteiger partial charge in [0.1, 0.15) is 0 Å². The largest absolute Gasteiger partial charge is 0.292 e. The highest BCUT2D eigenvalue weighted by Gasteiger charge is 2.19. The molecule has 5 nitrogen and oxygen atoms in total. The molecule has 0 unspecified atom stereocenters. The molecule has 1 N–H and O–H groups in total. The van der Waals surface area contributed by atoms with Crippen molar-refractivity contribution in [2.75, 3.05) is 0 Å². The summed E-state index contributed by atoms with van der Waals surface area (Å²) in [7, 11) is 0. The molecule has 4 rings (SSSR count). The summed E-state index contributed by atoms with van der Waals surface area (Å²) in [5.74, 6) is 0. The number of aliphatic imine (C=N–C) groups is 1. The van der Waals surface area contributed by atoms with Crippen molar-refractivity contribution in [2.24, 2.45) is 4.99 Å². The van der Waals surface area contributed by atoms with Crippen LogP contribution in [0.5, 0.6) is 0 Å². The fourth-order valence-electron chi connectivity index (χ4n) is 3.06. The van der Waals surface area contributed by atoms with Gasteiger partial charge in [0.15, 0.2) is 0 Å². The number of hydrogen-bond donors (Lipinski definition) is 1. The summed E-state index contributed by atoms with van der Waals surface area (Å²) in [6.45, 7) is 4.62. The predicted molar refractivity (Wildman–Crippen MR) is 114 cm³/mol. The molecule has 1 aromatic carbocycles. The molecule has 3 heterocycles. The van der Waals surface area contributed by atoms with Crippen LogP contribution in [0.4, 0.5) is 0 Å². The Morgan fingerprint density at radius 3 is 2.85 bits per heavy atom. The van der Waals surface area contributed by atoms with E-state index in [1.54, 1.807) is 16.0 Å². The molecule has 0 aliphatic heterocycles. The van der Waals surface area contributed by atoms with E-state index in [4.69, 9.17) is 0 Å². The minimum Gasteiger partial charge on any atom is -0.292 e.